The largest absolute Gasteiger partial charge is 0.393 e. The number of fused-ring (bicyclic) bond motifs is 5. The van der Waals surface area contributed by atoms with Crippen molar-refractivity contribution in [1.82, 2.24) is 0 Å². The molecule has 1 N–H and O–H groups in total. The molecular weight excluding hydrogens is 276 g/mol. The fourth-order valence-electron chi connectivity index (χ4n) is 6.36. The number of hydrogen-bond donors (Lipinski definition) is 1. The Labute approximate surface area is 132 Å². The smallest absolute Gasteiger partial charge is 0.159 e. The molecule has 4 aliphatic rings. The lowest BCUT2D eigenvalue weighted by Crippen LogP contribution is -2.53. The van der Waals surface area contributed by atoms with Crippen LogP contribution in [0.5, 0.6) is 0 Å². The zero-order valence-corrected chi connectivity index (χ0v) is 13.6. The quantitative estimate of drug-likeness (QED) is 0.748. The fourth-order valence-corrected chi connectivity index (χ4v) is 6.36. The first-order chi connectivity index (χ1) is 10.4. The lowest BCUT2D eigenvalue weighted by atomic mass is 9.47. The van der Waals surface area contributed by atoms with Crippen molar-refractivity contribution in [2.75, 3.05) is 0 Å². The number of Topliss-reactive ketones (excluding diaryl/α,β-unsaturated/α-hetero) is 1. The van der Waals surface area contributed by atoms with Gasteiger partial charge in [-0.3, -0.25) is 9.59 Å². The van der Waals surface area contributed by atoms with Gasteiger partial charge >= 0.3 is 0 Å². The van der Waals surface area contributed by atoms with Crippen molar-refractivity contribution in [3.05, 3.63) is 11.6 Å². The highest BCUT2D eigenvalue weighted by Crippen LogP contribution is 2.64. The summed E-state index contributed by atoms with van der Waals surface area (Å²) in [6, 6.07) is 0. The predicted octanol–water partition coefficient (Wildman–Crippen LogP) is 3.06. The van der Waals surface area contributed by atoms with Crippen LogP contribution in [0.25, 0.3) is 0 Å². The molecule has 3 saturated carbocycles. The van der Waals surface area contributed by atoms with Gasteiger partial charge in [-0.1, -0.05) is 13.8 Å². The Kier molecular flexibility index (Phi) is 3.01. The van der Waals surface area contributed by atoms with Crippen LogP contribution in [0.15, 0.2) is 11.6 Å². The highest BCUT2D eigenvalue weighted by molar-refractivity contribution is 6.05. The number of aliphatic hydroxyl groups excluding tert-OH is 1. The molecule has 4 aliphatic carbocycles. The van der Waals surface area contributed by atoms with Gasteiger partial charge in [-0.15, -0.1) is 0 Å². The minimum absolute atomic E-state index is 0.00348. The van der Waals surface area contributed by atoms with Gasteiger partial charge in [0, 0.05) is 18.4 Å². The average molecular weight is 302 g/mol. The second-order valence-electron chi connectivity index (χ2n) is 8.58. The summed E-state index contributed by atoms with van der Waals surface area (Å²) in [5, 5.41) is 10.4. The van der Waals surface area contributed by atoms with Crippen molar-refractivity contribution < 1.29 is 14.7 Å². The SMILES string of the molecule is C[C@]12CC[C@@H]3[C@H](CC(=O)C4=CC(=O)CC[C@@]43C)[C@H]1CC[C@H]2O. The maximum Gasteiger partial charge on any atom is 0.159 e. The van der Waals surface area contributed by atoms with E-state index in [1.54, 1.807) is 6.08 Å². The lowest BCUT2D eigenvalue weighted by Gasteiger charge is -2.56. The van der Waals surface area contributed by atoms with Crippen LogP contribution >= 0.6 is 0 Å². The van der Waals surface area contributed by atoms with Crippen LogP contribution in [0.1, 0.15) is 58.8 Å². The molecule has 0 saturated heterocycles. The summed E-state index contributed by atoms with van der Waals surface area (Å²) >= 11 is 0. The van der Waals surface area contributed by atoms with E-state index in [1.807, 2.05) is 0 Å². The van der Waals surface area contributed by atoms with E-state index >= 15 is 0 Å². The van der Waals surface area contributed by atoms with E-state index in [2.05, 4.69) is 13.8 Å². The second kappa shape index (κ2) is 4.53. The van der Waals surface area contributed by atoms with E-state index < -0.39 is 0 Å². The van der Waals surface area contributed by atoms with E-state index in [4.69, 9.17) is 0 Å². The monoisotopic (exact) mass is 302 g/mol. The van der Waals surface area contributed by atoms with E-state index in [-0.39, 0.29) is 28.5 Å². The van der Waals surface area contributed by atoms with Crippen LogP contribution in [0.4, 0.5) is 0 Å². The Bertz CT molecular complexity index is 577. The van der Waals surface area contributed by atoms with E-state index in [0.717, 1.165) is 37.7 Å². The van der Waals surface area contributed by atoms with Crippen LogP contribution in [-0.2, 0) is 9.59 Å². The average Bonchev–Trinajstić information content (AvgIpc) is 2.77. The van der Waals surface area contributed by atoms with Crippen LogP contribution in [-0.4, -0.2) is 22.8 Å². The van der Waals surface area contributed by atoms with Gasteiger partial charge in [0.05, 0.1) is 6.10 Å². The summed E-state index contributed by atoms with van der Waals surface area (Å²) in [5.41, 5.74) is 0.707. The number of carbonyl (C=O) groups excluding carboxylic acids is 2. The molecule has 0 bridgehead atoms. The normalized spacial score (nSPS) is 51.0. The molecule has 6 atom stereocenters. The van der Waals surface area contributed by atoms with Gasteiger partial charge in [-0.05, 0) is 66.8 Å². The third-order valence-corrected chi connectivity index (χ3v) is 7.74. The summed E-state index contributed by atoms with van der Waals surface area (Å²) in [6.45, 7) is 4.45. The van der Waals surface area contributed by atoms with Crippen LogP contribution in [0.3, 0.4) is 0 Å². The van der Waals surface area contributed by atoms with Crippen molar-refractivity contribution >= 4 is 11.6 Å². The van der Waals surface area contributed by atoms with Gasteiger partial charge in [0.2, 0.25) is 0 Å². The van der Waals surface area contributed by atoms with Crippen LogP contribution < -0.4 is 0 Å². The molecule has 0 aromatic carbocycles. The van der Waals surface area contributed by atoms with E-state index in [1.165, 1.54) is 0 Å². The standard InChI is InChI=1S/C19H26O3/c1-18-7-5-11(20)9-15(18)16(21)10-12-13-3-4-17(22)19(13,2)8-6-14(12)18/h9,12-14,17,22H,3-8,10H2,1-2H3/t12-,13-,14-,17-,18-,19+/m1/s1. The third-order valence-electron chi connectivity index (χ3n) is 7.74. The molecule has 3 nitrogen and oxygen atoms in total. The molecule has 22 heavy (non-hydrogen) atoms. The number of allylic oxidation sites excluding steroid dienone is 1. The summed E-state index contributed by atoms with van der Waals surface area (Å²) in [6.07, 6.45) is 7.54. The molecule has 3 fully saturated rings. The Morgan fingerprint density at radius 2 is 1.86 bits per heavy atom. The zero-order chi connectivity index (χ0) is 15.7. The molecule has 4 rings (SSSR count). The Morgan fingerprint density at radius 3 is 2.64 bits per heavy atom. The second-order valence-corrected chi connectivity index (χ2v) is 8.58. The number of rotatable bonds is 0. The third kappa shape index (κ3) is 1.72. The van der Waals surface area contributed by atoms with Gasteiger partial charge in [0.25, 0.3) is 0 Å². The van der Waals surface area contributed by atoms with Gasteiger partial charge in [-0.2, -0.15) is 0 Å². The molecule has 0 heterocycles. The molecule has 0 spiro atoms. The van der Waals surface area contributed by atoms with Gasteiger partial charge in [0.1, 0.15) is 0 Å². The summed E-state index contributed by atoms with van der Waals surface area (Å²) in [4.78, 5) is 24.5. The van der Waals surface area contributed by atoms with Crippen LogP contribution in [0, 0.1) is 28.6 Å². The van der Waals surface area contributed by atoms with Crippen LogP contribution in [0.2, 0.25) is 0 Å². The minimum atomic E-state index is -0.203. The Balaban J connectivity index is 1.75. The van der Waals surface area contributed by atoms with E-state index in [0.29, 0.717) is 30.6 Å². The number of hydrogen-bond acceptors (Lipinski definition) is 3. The summed E-state index contributed by atoms with van der Waals surface area (Å²) < 4.78 is 0. The molecule has 0 aromatic rings. The first kappa shape index (κ1) is 14.6. The highest BCUT2D eigenvalue weighted by atomic mass is 16.3. The molecule has 0 amide bonds. The van der Waals surface area contributed by atoms with Gasteiger partial charge in [0.15, 0.2) is 11.6 Å². The molecule has 120 valence electrons. The van der Waals surface area contributed by atoms with Crippen molar-refractivity contribution in [3.8, 4) is 0 Å². The van der Waals surface area contributed by atoms with Crippen molar-refractivity contribution in [2.24, 2.45) is 28.6 Å². The summed E-state index contributed by atoms with van der Waals surface area (Å²) in [5.74, 6) is 1.70. The van der Waals surface area contributed by atoms with Crippen molar-refractivity contribution in [3.63, 3.8) is 0 Å². The minimum Gasteiger partial charge on any atom is -0.393 e. The molecule has 0 radical (unpaired) electrons. The Hall–Kier alpha value is -0.960. The molecular formula is C19H26O3. The topological polar surface area (TPSA) is 54.4 Å². The van der Waals surface area contributed by atoms with E-state index in [9.17, 15) is 14.7 Å². The maximum atomic E-state index is 12.7. The summed E-state index contributed by atoms with van der Waals surface area (Å²) in [7, 11) is 0. The first-order valence-corrected chi connectivity index (χ1v) is 8.82. The fraction of sp³-hybridized carbons (Fsp3) is 0.789. The maximum absolute atomic E-state index is 12.7. The zero-order valence-electron chi connectivity index (χ0n) is 13.6. The molecule has 0 unspecified atom stereocenters. The molecule has 3 heteroatoms. The number of aliphatic hydroxyl groups is 1. The number of carbonyl (C=O) groups is 2. The lowest BCUT2D eigenvalue weighted by molar-refractivity contribution is -0.132. The van der Waals surface area contributed by atoms with Gasteiger partial charge in [-0.25, -0.2) is 0 Å². The molecule has 0 aliphatic heterocycles. The van der Waals surface area contributed by atoms with Crippen molar-refractivity contribution in [2.45, 2.75) is 64.9 Å². The predicted molar refractivity (Wildman–Crippen MR) is 83.1 cm³/mol. The Morgan fingerprint density at radius 1 is 1.09 bits per heavy atom. The van der Waals surface area contributed by atoms with Gasteiger partial charge < -0.3 is 5.11 Å². The first-order valence-electron chi connectivity index (χ1n) is 8.82. The number of ketones is 2. The molecule has 0 aromatic heterocycles. The van der Waals surface area contributed by atoms with Crippen molar-refractivity contribution in [1.29, 1.82) is 0 Å². The highest BCUT2D eigenvalue weighted by Gasteiger charge is 2.60.